The summed E-state index contributed by atoms with van der Waals surface area (Å²) in [5, 5.41) is 0. The molecule has 0 radical (unpaired) electrons. The lowest BCUT2D eigenvalue weighted by Crippen LogP contribution is -1.81. The molecule has 14 heavy (non-hydrogen) atoms. The van der Waals surface area contributed by atoms with E-state index in [0.717, 1.165) is 17.2 Å². The number of rotatable bonds is 3. The van der Waals surface area contributed by atoms with Gasteiger partial charge in [-0.05, 0) is 20.8 Å². The SMILES string of the molecule is C=C/C=N\C(=C/C)c1nc(C)c(C)o1. The first kappa shape index (κ1) is 10.4. The number of nitrogens with zero attached hydrogens (tertiary/aromatic N) is 2. The zero-order valence-corrected chi connectivity index (χ0v) is 8.74. The van der Waals surface area contributed by atoms with Crippen LogP contribution < -0.4 is 0 Å². The van der Waals surface area contributed by atoms with Crippen molar-refractivity contribution in [1.29, 1.82) is 0 Å². The van der Waals surface area contributed by atoms with Crippen molar-refractivity contribution in [2.24, 2.45) is 4.99 Å². The molecule has 0 bridgehead atoms. The summed E-state index contributed by atoms with van der Waals surface area (Å²) in [5.41, 5.74) is 1.62. The summed E-state index contributed by atoms with van der Waals surface area (Å²) in [7, 11) is 0. The highest BCUT2D eigenvalue weighted by Crippen LogP contribution is 2.17. The molecule has 3 nitrogen and oxygen atoms in total. The first-order valence-corrected chi connectivity index (χ1v) is 4.44. The van der Waals surface area contributed by atoms with Crippen LogP contribution in [0.2, 0.25) is 0 Å². The lowest BCUT2D eigenvalue weighted by atomic mass is 10.4. The Labute approximate surface area is 83.9 Å². The van der Waals surface area contributed by atoms with E-state index in [1.807, 2.05) is 26.8 Å². The van der Waals surface area contributed by atoms with Crippen molar-refractivity contribution in [2.75, 3.05) is 0 Å². The highest BCUT2D eigenvalue weighted by atomic mass is 16.4. The Bertz CT molecular complexity index is 366. The number of allylic oxidation sites excluding steroid dienone is 2. The van der Waals surface area contributed by atoms with Gasteiger partial charge < -0.3 is 4.42 Å². The quantitative estimate of drug-likeness (QED) is 0.687. The fourth-order valence-corrected chi connectivity index (χ4v) is 0.969. The van der Waals surface area contributed by atoms with Gasteiger partial charge in [0.2, 0.25) is 5.89 Å². The highest BCUT2D eigenvalue weighted by Gasteiger charge is 2.08. The third-order valence-corrected chi connectivity index (χ3v) is 1.84. The molecular weight excluding hydrogens is 176 g/mol. The third kappa shape index (κ3) is 2.19. The molecule has 0 saturated carbocycles. The molecule has 0 aliphatic heterocycles. The van der Waals surface area contributed by atoms with Crippen LogP contribution in [0.15, 0.2) is 28.1 Å². The van der Waals surface area contributed by atoms with Gasteiger partial charge in [0, 0.05) is 6.21 Å². The van der Waals surface area contributed by atoms with Gasteiger partial charge in [0.15, 0.2) is 0 Å². The Balaban J connectivity index is 3.02. The largest absolute Gasteiger partial charge is 0.440 e. The monoisotopic (exact) mass is 190 g/mol. The molecule has 74 valence electrons. The second-order valence-electron chi connectivity index (χ2n) is 2.85. The van der Waals surface area contributed by atoms with Gasteiger partial charge in [-0.2, -0.15) is 0 Å². The van der Waals surface area contributed by atoms with Crippen molar-refractivity contribution in [3.05, 3.63) is 36.1 Å². The minimum atomic E-state index is 0.556. The van der Waals surface area contributed by atoms with Crippen LogP contribution in [0, 0.1) is 13.8 Å². The Morgan fingerprint density at radius 2 is 2.21 bits per heavy atom. The summed E-state index contributed by atoms with van der Waals surface area (Å²) in [4.78, 5) is 8.40. The maximum atomic E-state index is 5.44. The molecule has 0 amide bonds. The number of aryl methyl sites for hydroxylation is 2. The van der Waals surface area contributed by atoms with Crippen molar-refractivity contribution < 1.29 is 4.42 Å². The molecule has 0 fully saturated rings. The number of oxazole rings is 1. The Hall–Kier alpha value is -1.64. The van der Waals surface area contributed by atoms with Gasteiger partial charge in [-0.25, -0.2) is 4.98 Å². The van der Waals surface area contributed by atoms with E-state index >= 15 is 0 Å². The number of hydrogen-bond acceptors (Lipinski definition) is 3. The summed E-state index contributed by atoms with van der Waals surface area (Å²) in [5.74, 6) is 1.38. The highest BCUT2D eigenvalue weighted by molar-refractivity contribution is 5.77. The van der Waals surface area contributed by atoms with Gasteiger partial charge in [-0.1, -0.05) is 18.7 Å². The molecular formula is C11H14N2O. The molecule has 0 aliphatic carbocycles. The minimum Gasteiger partial charge on any atom is -0.440 e. The summed E-state index contributed by atoms with van der Waals surface area (Å²) < 4.78 is 5.44. The molecule has 1 heterocycles. The zero-order valence-electron chi connectivity index (χ0n) is 8.74. The van der Waals surface area contributed by atoms with Crippen LogP contribution in [0.4, 0.5) is 0 Å². The van der Waals surface area contributed by atoms with Crippen LogP contribution >= 0.6 is 0 Å². The smallest absolute Gasteiger partial charge is 0.245 e. The molecule has 0 aliphatic rings. The van der Waals surface area contributed by atoms with E-state index in [0.29, 0.717) is 5.89 Å². The molecule has 0 aromatic carbocycles. The molecule has 0 atom stereocenters. The molecule has 1 aromatic rings. The molecule has 0 spiro atoms. The van der Waals surface area contributed by atoms with E-state index in [4.69, 9.17) is 4.42 Å². The maximum Gasteiger partial charge on any atom is 0.245 e. The van der Waals surface area contributed by atoms with Crippen molar-refractivity contribution in [3.63, 3.8) is 0 Å². The van der Waals surface area contributed by atoms with Gasteiger partial charge in [0.25, 0.3) is 0 Å². The average molecular weight is 190 g/mol. The van der Waals surface area contributed by atoms with E-state index in [1.54, 1.807) is 12.3 Å². The van der Waals surface area contributed by atoms with Crippen LogP contribution in [0.5, 0.6) is 0 Å². The van der Waals surface area contributed by atoms with Crippen LogP contribution in [-0.2, 0) is 0 Å². The van der Waals surface area contributed by atoms with E-state index < -0.39 is 0 Å². The van der Waals surface area contributed by atoms with Crippen LogP contribution in [-0.4, -0.2) is 11.2 Å². The van der Waals surface area contributed by atoms with E-state index in [1.165, 1.54) is 0 Å². The second-order valence-corrected chi connectivity index (χ2v) is 2.85. The van der Waals surface area contributed by atoms with Crippen LogP contribution in [0.3, 0.4) is 0 Å². The first-order valence-electron chi connectivity index (χ1n) is 4.44. The minimum absolute atomic E-state index is 0.556. The van der Waals surface area contributed by atoms with Gasteiger partial charge in [0.1, 0.15) is 11.5 Å². The predicted molar refractivity (Wildman–Crippen MR) is 58.3 cm³/mol. The Morgan fingerprint density at radius 3 is 2.64 bits per heavy atom. The van der Waals surface area contributed by atoms with E-state index in [-0.39, 0.29) is 0 Å². The lowest BCUT2D eigenvalue weighted by Gasteiger charge is -1.92. The van der Waals surface area contributed by atoms with Crippen molar-refractivity contribution in [2.45, 2.75) is 20.8 Å². The fraction of sp³-hybridized carbons (Fsp3) is 0.273. The summed E-state index contributed by atoms with van der Waals surface area (Å²) in [6.45, 7) is 9.24. The summed E-state index contributed by atoms with van der Waals surface area (Å²) in [6.07, 6.45) is 5.08. The molecule has 1 aromatic heterocycles. The summed E-state index contributed by atoms with van der Waals surface area (Å²) in [6, 6.07) is 0. The lowest BCUT2D eigenvalue weighted by molar-refractivity contribution is 0.511. The topological polar surface area (TPSA) is 38.4 Å². The molecule has 0 N–H and O–H groups in total. The molecule has 0 saturated heterocycles. The van der Waals surface area contributed by atoms with Gasteiger partial charge >= 0.3 is 0 Å². The Morgan fingerprint density at radius 1 is 1.50 bits per heavy atom. The summed E-state index contributed by atoms with van der Waals surface area (Å²) >= 11 is 0. The van der Waals surface area contributed by atoms with E-state index in [2.05, 4.69) is 16.6 Å². The normalized spacial score (nSPS) is 12.4. The van der Waals surface area contributed by atoms with Crippen molar-refractivity contribution >= 4 is 11.9 Å². The van der Waals surface area contributed by atoms with Gasteiger partial charge in [-0.3, -0.25) is 4.99 Å². The first-order chi connectivity index (χ1) is 6.69. The molecule has 3 heteroatoms. The van der Waals surface area contributed by atoms with Crippen molar-refractivity contribution in [1.82, 2.24) is 4.98 Å². The average Bonchev–Trinajstić information content (AvgIpc) is 2.48. The standard InChI is InChI=1S/C11H14N2O/c1-5-7-12-10(6-2)11-13-8(3)9(4)14-11/h5-7H,1H2,2-4H3/b10-6-,12-7-. The molecule has 0 unspecified atom stereocenters. The van der Waals surface area contributed by atoms with Gasteiger partial charge in [0.05, 0.1) is 5.69 Å². The number of aromatic nitrogens is 1. The number of hydrogen-bond donors (Lipinski definition) is 0. The number of aliphatic imine (C=N–C) groups is 1. The molecule has 1 rings (SSSR count). The van der Waals surface area contributed by atoms with Crippen LogP contribution in [0.25, 0.3) is 5.70 Å². The Kier molecular flexibility index (Phi) is 3.40. The maximum absolute atomic E-state index is 5.44. The fourth-order valence-electron chi connectivity index (χ4n) is 0.969. The van der Waals surface area contributed by atoms with Crippen molar-refractivity contribution in [3.8, 4) is 0 Å². The van der Waals surface area contributed by atoms with Crippen LogP contribution in [0.1, 0.15) is 24.3 Å². The van der Waals surface area contributed by atoms with E-state index in [9.17, 15) is 0 Å². The zero-order chi connectivity index (χ0) is 10.6. The second kappa shape index (κ2) is 4.56. The predicted octanol–water partition coefficient (Wildman–Crippen LogP) is 2.91. The third-order valence-electron chi connectivity index (χ3n) is 1.84. The van der Waals surface area contributed by atoms with Gasteiger partial charge in [-0.15, -0.1) is 0 Å².